The number of hydrogen-bond acceptors (Lipinski definition) is 1. The Hall–Kier alpha value is 0.690. The summed E-state index contributed by atoms with van der Waals surface area (Å²) in [5, 5.41) is 8.74. The van der Waals surface area contributed by atoms with Crippen molar-refractivity contribution in [1.82, 2.24) is 0 Å². The molecule has 0 bridgehead atoms. The van der Waals surface area contributed by atoms with Crippen LogP contribution in [-0.2, 0) is 0 Å². The predicted octanol–water partition coefficient (Wildman–Crippen LogP) is 3.00. The summed E-state index contributed by atoms with van der Waals surface area (Å²) in [6.45, 7) is 2.46. The number of unbranched alkanes of at least 4 members (excludes halogenated alkanes) is 3. The van der Waals surface area contributed by atoms with Gasteiger partial charge in [0, 0.05) is 6.61 Å². The van der Waals surface area contributed by atoms with Gasteiger partial charge in [-0.25, -0.2) is 0 Å². The van der Waals surface area contributed by atoms with Gasteiger partial charge in [-0.1, -0.05) is 48.8 Å². The largest absolute Gasteiger partial charge is 0.396 e. The Balaban J connectivity index is 2.89. The van der Waals surface area contributed by atoms with E-state index in [2.05, 4.69) is 29.5 Å². The minimum atomic E-state index is 0.353. The molecule has 2 heteroatoms. The zero-order chi connectivity index (χ0) is 8.53. The number of halogens is 1. The number of alkyl halides is 1. The highest BCUT2D eigenvalue weighted by Crippen LogP contribution is 2.10. The van der Waals surface area contributed by atoms with Crippen molar-refractivity contribution in [2.45, 2.75) is 39.0 Å². The Morgan fingerprint density at radius 2 is 1.82 bits per heavy atom. The summed E-state index contributed by atoms with van der Waals surface area (Å²) < 4.78 is 1.29. The minimum Gasteiger partial charge on any atom is -0.396 e. The van der Waals surface area contributed by atoms with Crippen molar-refractivity contribution in [3.63, 3.8) is 0 Å². The van der Waals surface area contributed by atoms with E-state index in [4.69, 9.17) is 5.11 Å². The van der Waals surface area contributed by atoms with Crippen molar-refractivity contribution in [2.24, 2.45) is 5.92 Å². The summed E-state index contributed by atoms with van der Waals surface area (Å²) >= 11 is 2.42. The van der Waals surface area contributed by atoms with Crippen molar-refractivity contribution in [2.75, 3.05) is 11.0 Å². The van der Waals surface area contributed by atoms with Gasteiger partial charge < -0.3 is 5.11 Å². The van der Waals surface area contributed by atoms with Gasteiger partial charge >= 0.3 is 0 Å². The molecule has 0 saturated carbocycles. The maximum atomic E-state index is 8.74. The number of hydrogen-bond donors (Lipinski definition) is 1. The molecule has 0 unspecified atom stereocenters. The summed E-state index contributed by atoms with van der Waals surface area (Å²) in [6.07, 6.45) is 6.54. The number of aliphatic hydroxyl groups is 1. The first kappa shape index (κ1) is 11.7. The van der Waals surface area contributed by atoms with Crippen LogP contribution in [0.1, 0.15) is 39.0 Å². The fourth-order valence-electron chi connectivity index (χ4n) is 1.03. The molecule has 0 aliphatic rings. The van der Waals surface area contributed by atoms with Crippen LogP contribution in [0.25, 0.3) is 0 Å². The van der Waals surface area contributed by atoms with Gasteiger partial charge in [0.2, 0.25) is 0 Å². The lowest BCUT2D eigenvalue weighted by Gasteiger charge is -2.05. The van der Waals surface area contributed by atoms with Crippen LogP contribution in [0.5, 0.6) is 0 Å². The lowest BCUT2D eigenvalue weighted by Crippen LogP contribution is -1.99. The molecule has 0 rings (SSSR count). The van der Waals surface area contributed by atoms with Crippen LogP contribution in [0.4, 0.5) is 0 Å². The van der Waals surface area contributed by atoms with Gasteiger partial charge in [-0.2, -0.15) is 0 Å². The van der Waals surface area contributed by atoms with Gasteiger partial charge in [0.15, 0.2) is 0 Å². The fourth-order valence-corrected chi connectivity index (χ4v) is 1.57. The van der Waals surface area contributed by atoms with Crippen LogP contribution in [0, 0.1) is 5.92 Å². The lowest BCUT2D eigenvalue weighted by molar-refractivity contribution is 0.227. The molecule has 0 spiro atoms. The first-order chi connectivity index (χ1) is 5.31. The Kier molecular flexibility index (Phi) is 9.33. The number of rotatable bonds is 7. The fraction of sp³-hybridized carbons (Fsp3) is 1.00. The molecule has 11 heavy (non-hydrogen) atoms. The third-order valence-electron chi connectivity index (χ3n) is 1.89. The Morgan fingerprint density at radius 1 is 1.18 bits per heavy atom. The molecule has 0 aliphatic carbocycles. The average Bonchev–Trinajstić information content (AvgIpc) is 2.04. The minimum absolute atomic E-state index is 0.353. The molecular formula is C9H19IO. The average molecular weight is 270 g/mol. The highest BCUT2D eigenvalue weighted by Gasteiger charge is 1.98. The predicted molar refractivity (Wildman–Crippen MR) is 58.2 cm³/mol. The SMILES string of the molecule is C[C@@H](CO)CCCCCCI. The molecule has 0 amide bonds. The van der Waals surface area contributed by atoms with Crippen molar-refractivity contribution in [1.29, 1.82) is 0 Å². The van der Waals surface area contributed by atoms with E-state index >= 15 is 0 Å². The summed E-state index contributed by atoms with van der Waals surface area (Å²) in [7, 11) is 0. The van der Waals surface area contributed by atoms with Gasteiger partial charge in [0.25, 0.3) is 0 Å². The van der Waals surface area contributed by atoms with Crippen LogP contribution in [0.3, 0.4) is 0 Å². The molecule has 0 heterocycles. The molecule has 0 saturated heterocycles. The van der Waals surface area contributed by atoms with Gasteiger partial charge in [-0.05, 0) is 23.2 Å². The molecule has 1 atom stereocenters. The highest BCUT2D eigenvalue weighted by atomic mass is 127. The second kappa shape index (κ2) is 8.78. The highest BCUT2D eigenvalue weighted by molar-refractivity contribution is 14.1. The molecule has 0 aromatic rings. The topological polar surface area (TPSA) is 20.2 Å². The van der Waals surface area contributed by atoms with Gasteiger partial charge in [-0.15, -0.1) is 0 Å². The van der Waals surface area contributed by atoms with Crippen LogP contribution < -0.4 is 0 Å². The van der Waals surface area contributed by atoms with Gasteiger partial charge in [-0.3, -0.25) is 0 Å². The lowest BCUT2D eigenvalue weighted by atomic mass is 10.0. The van der Waals surface area contributed by atoms with Crippen molar-refractivity contribution >= 4 is 22.6 Å². The Morgan fingerprint density at radius 3 is 2.36 bits per heavy atom. The quantitative estimate of drug-likeness (QED) is 0.428. The smallest absolute Gasteiger partial charge is 0.0456 e. The van der Waals surface area contributed by atoms with Gasteiger partial charge in [0.1, 0.15) is 0 Å². The normalized spacial score (nSPS) is 13.4. The summed E-state index contributed by atoms with van der Waals surface area (Å²) in [5.41, 5.74) is 0. The van der Waals surface area contributed by atoms with Crippen molar-refractivity contribution in [3.05, 3.63) is 0 Å². The molecule has 0 aromatic carbocycles. The molecule has 0 aliphatic heterocycles. The Labute approximate surface area is 83.7 Å². The first-order valence-electron chi connectivity index (χ1n) is 4.48. The van der Waals surface area contributed by atoms with Crippen LogP contribution in [0.2, 0.25) is 0 Å². The molecule has 0 fully saturated rings. The van der Waals surface area contributed by atoms with E-state index < -0.39 is 0 Å². The van der Waals surface area contributed by atoms with E-state index in [-0.39, 0.29) is 0 Å². The molecule has 1 nitrogen and oxygen atoms in total. The molecular weight excluding hydrogens is 251 g/mol. The van der Waals surface area contributed by atoms with E-state index in [1.54, 1.807) is 0 Å². The summed E-state index contributed by atoms with van der Waals surface area (Å²) in [6, 6.07) is 0. The first-order valence-corrected chi connectivity index (χ1v) is 6.00. The Bertz CT molecular complexity index is 76.0. The third kappa shape index (κ3) is 8.60. The van der Waals surface area contributed by atoms with Crippen LogP contribution in [-0.4, -0.2) is 16.1 Å². The zero-order valence-electron chi connectivity index (χ0n) is 7.35. The van der Waals surface area contributed by atoms with E-state index in [9.17, 15) is 0 Å². The molecule has 0 aromatic heterocycles. The molecule has 0 radical (unpaired) electrons. The molecule has 68 valence electrons. The van der Waals surface area contributed by atoms with E-state index in [1.807, 2.05) is 0 Å². The zero-order valence-corrected chi connectivity index (χ0v) is 9.51. The standard InChI is InChI=1S/C9H19IO/c1-9(8-11)6-4-2-3-5-7-10/h9,11H,2-8H2,1H3/t9-/m1/s1. The van der Waals surface area contributed by atoms with E-state index in [0.717, 1.165) is 0 Å². The second-order valence-electron chi connectivity index (χ2n) is 3.18. The van der Waals surface area contributed by atoms with Gasteiger partial charge in [0.05, 0.1) is 0 Å². The summed E-state index contributed by atoms with van der Waals surface area (Å²) in [4.78, 5) is 0. The monoisotopic (exact) mass is 270 g/mol. The van der Waals surface area contributed by atoms with E-state index in [0.29, 0.717) is 12.5 Å². The van der Waals surface area contributed by atoms with E-state index in [1.165, 1.54) is 36.5 Å². The van der Waals surface area contributed by atoms with Crippen molar-refractivity contribution in [3.8, 4) is 0 Å². The van der Waals surface area contributed by atoms with Crippen LogP contribution >= 0.6 is 22.6 Å². The second-order valence-corrected chi connectivity index (χ2v) is 4.26. The third-order valence-corrected chi connectivity index (χ3v) is 2.66. The maximum absolute atomic E-state index is 8.74. The maximum Gasteiger partial charge on any atom is 0.0456 e. The number of aliphatic hydroxyl groups excluding tert-OH is 1. The molecule has 1 N–H and O–H groups in total. The van der Waals surface area contributed by atoms with Crippen LogP contribution in [0.15, 0.2) is 0 Å². The van der Waals surface area contributed by atoms with Crippen molar-refractivity contribution < 1.29 is 5.11 Å². The summed E-state index contributed by atoms with van der Waals surface area (Å²) in [5.74, 6) is 0.509.